The normalized spacial score (nSPS) is 11.7. The Hall–Kier alpha value is -2.66. The molecule has 0 spiro atoms. The third-order valence-electron chi connectivity index (χ3n) is 3.06. The van der Waals surface area contributed by atoms with Gasteiger partial charge >= 0.3 is 0 Å². The van der Waals surface area contributed by atoms with E-state index in [0.29, 0.717) is 11.1 Å². The summed E-state index contributed by atoms with van der Waals surface area (Å²) in [5, 5.41) is 0. The van der Waals surface area contributed by atoms with E-state index in [2.05, 4.69) is 10.9 Å². The summed E-state index contributed by atoms with van der Waals surface area (Å²) in [5.74, 6) is -0.886. The van der Waals surface area contributed by atoms with Gasteiger partial charge in [-0.2, -0.15) is 0 Å². The average Bonchev–Trinajstić information content (AvgIpc) is 2.48. The monoisotopic (exact) mass is 283 g/mol. The van der Waals surface area contributed by atoms with Crippen LogP contribution in [0.25, 0.3) is 0 Å². The molecule has 0 bridgehead atoms. The van der Waals surface area contributed by atoms with Gasteiger partial charge in [-0.15, -0.1) is 0 Å². The van der Waals surface area contributed by atoms with E-state index < -0.39 is 11.9 Å². The van der Waals surface area contributed by atoms with E-state index in [-0.39, 0.29) is 5.91 Å². The Balaban J connectivity index is 2.04. The van der Waals surface area contributed by atoms with Crippen molar-refractivity contribution in [2.24, 2.45) is 5.73 Å². The highest BCUT2D eigenvalue weighted by Crippen LogP contribution is 2.11. The van der Waals surface area contributed by atoms with Crippen LogP contribution < -0.4 is 16.6 Å². The number of primary amides is 1. The molecular weight excluding hydrogens is 266 g/mol. The summed E-state index contributed by atoms with van der Waals surface area (Å²) < 4.78 is 0. The van der Waals surface area contributed by atoms with Crippen molar-refractivity contribution in [1.82, 2.24) is 10.9 Å². The minimum Gasteiger partial charge on any atom is -0.368 e. The van der Waals surface area contributed by atoms with Gasteiger partial charge in [0.2, 0.25) is 5.91 Å². The number of hydrazine groups is 1. The third-order valence-corrected chi connectivity index (χ3v) is 3.06. The zero-order valence-electron chi connectivity index (χ0n) is 11.7. The smallest absolute Gasteiger partial charge is 0.265 e. The molecular formula is C16H17N3O2. The van der Waals surface area contributed by atoms with E-state index in [0.717, 1.165) is 5.56 Å². The molecule has 5 heteroatoms. The van der Waals surface area contributed by atoms with Gasteiger partial charge in [0.25, 0.3) is 5.91 Å². The molecule has 1 atom stereocenters. The molecule has 0 aliphatic carbocycles. The topological polar surface area (TPSA) is 84.2 Å². The summed E-state index contributed by atoms with van der Waals surface area (Å²) in [7, 11) is 0. The molecule has 2 aromatic rings. The maximum absolute atomic E-state index is 12.0. The van der Waals surface area contributed by atoms with Crippen molar-refractivity contribution in [3.8, 4) is 0 Å². The predicted octanol–water partition coefficient (Wildman–Crippen LogP) is 1.46. The van der Waals surface area contributed by atoms with Crippen molar-refractivity contribution >= 4 is 11.8 Å². The highest BCUT2D eigenvalue weighted by molar-refractivity contribution is 5.94. The van der Waals surface area contributed by atoms with Gasteiger partial charge in [0, 0.05) is 5.56 Å². The summed E-state index contributed by atoms with van der Waals surface area (Å²) in [6.45, 7) is 1.94. The molecule has 0 aliphatic rings. The quantitative estimate of drug-likeness (QED) is 0.726. The Morgan fingerprint density at radius 1 is 1.00 bits per heavy atom. The molecule has 4 N–H and O–H groups in total. The number of benzene rings is 2. The van der Waals surface area contributed by atoms with Crippen LogP contribution in [-0.4, -0.2) is 11.8 Å². The molecule has 21 heavy (non-hydrogen) atoms. The van der Waals surface area contributed by atoms with Gasteiger partial charge in [-0.25, -0.2) is 5.43 Å². The maximum Gasteiger partial charge on any atom is 0.265 e. The number of hydrogen-bond acceptors (Lipinski definition) is 3. The molecule has 108 valence electrons. The van der Waals surface area contributed by atoms with E-state index >= 15 is 0 Å². The second-order valence-electron chi connectivity index (χ2n) is 4.71. The van der Waals surface area contributed by atoms with Crippen LogP contribution in [0, 0.1) is 6.92 Å². The lowest BCUT2D eigenvalue weighted by Crippen LogP contribution is -2.45. The van der Waals surface area contributed by atoms with Crippen molar-refractivity contribution in [3.05, 3.63) is 71.3 Å². The van der Waals surface area contributed by atoms with Gasteiger partial charge in [0.15, 0.2) is 0 Å². The van der Waals surface area contributed by atoms with Gasteiger partial charge in [-0.3, -0.25) is 15.0 Å². The molecule has 0 radical (unpaired) electrons. The minimum absolute atomic E-state index is 0.322. The SMILES string of the molecule is Cc1ccc(C(=O)NN[C@H](C(N)=O)c2ccccc2)cc1. The largest absolute Gasteiger partial charge is 0.368 e. The van der Waals surface area contributed by atoms with Gasteiger partial charge < -0.3 is 5.73 Å². The molecule has 0 fully saturated rings. The van der Waals surface area contributed by atoms with Crippen molar-refractivity contribution < 1.29 is 9.59 Å². The molecule has 2 rings (SSSR count). The molecule has 0 aromatic heterocycles. The van der Waals surface area contributed by atoms with Crippen LogP contribution >= 0.6 is 0 Å². The molecule has 2 amide bonds. The Labute approximate surface area is 123 Å². The number of hydrogen-bond donors (Lipinski definition) is 3. The van der Waals surface area contributed by atoms with Gasteiger partial charge in [0.05, 0.1) is 0 Å². The number of carbonyl (C=O) groups excluding carboxylic acids is 2. The maximum atomic E-state index is 12.0. The van der Waals surface area contributed by atoms with E-state index in [1.54, 1.807) is 36.4 Å². The number of amides is 2. The summed E-state index contributed by atoms with van der Waals surface area (Å²) in [5.41, 5.74) is 12.8. The summed E-state index contributed by atoms with van der Waals surface area (Å²) in [4.78, 5) is 23.5. The second-order valence-corrected chi connectivity index (χ2v) is 4.71. The average molecular weight is 283 g/mol. The fourth-order valence-electron chi connectivity index (χ4n) is 1.88. The molecule has 0 unspecified atom stereocenters. The van der Waals surface area contributed by atoms with Crippen LogP contribution in [-0.2, 0) is 4.79 Å². The first-order chi connectivity index (χ1) is 10.1. The molecule has 0 aliphatic heterocycles. The van der Waals surface area contributed by atoms with Gasteiger partial charge in [-0.05, 0) is 24.6 Å². The van der Waals surface area contributed by atoms with Crippen molar-refractivity contribution in [2.45, 2.75) is 13.0 Å². The molecule has 0 heterocycles. The summed E-state index contributed by atoms with van der Waals surface area (Å²) in [6.07, 6.45) is 0. The minimum atomic E-state index is -0.777. The highest BCUT2D eigenvalue weighted by Gasteiger charge is 2.18. The van der Waals surface area contributed by atoms with Crippen LogP contribution in [0.2, 0.25) is 0 Å². The van der Waals surface area contributed by atoms with E-state index in [1.165, 1.54) is 0 Å². The fraction of sp³-hybridized carbons (Fsp3) is 0.125. The number of carbonyl (C=O) groups is 2. The Bertz CT molecular complexity index is 624. The fourth-order valence-corrected chi connectivity index (χ4v) is 1.88. The highest BCUT2D eigenvalue weighted by atomic mass is 16.2. The first-order valence-corrected chi connectivity index (χ1v) is 6.54. The van der Waals surface area contributed by atoms with Crippen LogP contribution in [0.4, 0.5) is 0 Å². The lowest BCUT2D eigenvalue weighted by molar-refractivity contribution is -0.120. The Kier molecular flexibility index (Phi) is 4.68. The van der Waals surface area contributed by atoms with E-state index in [1.807, 2.05) is 25.1 Å². The van der Waals surface area contributed by atoms with Crippen LogP contribution in [0.15, 0.2) is 54.6 Å². The molecule has 0 saturated carbocycles. The zero-order valence-corrected chi connectivity index (χ0v) is 11.7. The van der Waals surface area contributed by atoms with Gasteiger partial charge in [-0.1, -0.05) is 48.0 Å². The standard InChI is InChI=1S/C16H17N3O2/c1-11-7-9-13(10-8-11)16(21)19-18-14(15(17)20)12-5-3-2-4-6-12/h2-10,14,18H,1H3,(H2,17,20)(H,19,21)/t14-/m0/s1. The predicted molar refractivity (Wildman–Crippen MR) is 80.2 cm³/mol. The van der Waals surface area contributed by atoms with Crippen LogP contribution in [0.1, 0.15) is 27.5 Å². The molecule has 5 nitrogen and oxygen atoms in total. The van der Waals surface area contributed by atoms with E-state index in [4.69, 9.17) is 5.73 Å². The van der Waals surface area contributed by atoms with Crippen LogP contribution in [0.3, 0.4) is 0 Å². The first kappa shape index (κ1) is 14.7. The second kappa shape index (κ2) is 6.67. The van der Waals surface area contributed by atoms with E-state index in [9.17, 15) is 9.59 Å². The van der Waals surface area contributed by atoms with Crippen LogP contribution in [0.5, 0.6) is 0 Å². The third kappa shape index (κ3) is 3.90. The molecule has 0 saturated heterocycles. The zero-order chi connectivity index (χ0) is 15.2. The number of nitrogens with one attached hydrogen (secondary N) is 2. The van der Waals surface area contributed by atoms with Crippen molar-refractivity contribution in [1.29, 1.82) is 0 Å². The van der Waals surface area contributed by atoms with Gasteiger partial charge in [0.1, 0.15) is 6.04 Å². The Morgan fingerprint density at radius 2 is 1.62 bits per heavy atom. The van der Waals surface area contributed by atoms with Crippen molar-refractivity contribution in [3.63, 3.8) is 0 Å². The first-order valence-electron chi connectivity index (χ1n) is 6.54. The lowest BCUT2D eigenvalue weighted by atomic mass is 10.1. The number of aryl methyl sites for hydroxylation is 1. The number of nitrogens with two attached hydrogens (primary N) is 1. The molecule has 2 aromatic carbocycles. The summed E-state index contributed by atoms with van der Waals surface area (Å²) >= 11 is 0. The number of rotatable bonds is 5. The van der Waals surface area contributed by atoms with Crippen molar-refractivity contribution in [2.75, 3.05) is 0 Å². The lowest BCUT2D eigenvalue weighted by Gasteiger charge is -2.16. The Morgan fingerprint density at radius 3 is 2.19 bits per heavy atom. The summed E-state index contributed by atoms with van der Waals surface area (Å²) in [6, 6.07) is 15.3.